The molecule has 144 valence electrons. The Kier molecular flexibility index (Phi) is 6.15. The van der Waals surface area contributed by atoms with Crippen molar-refractivity contribution in [1.82, 2.24) is 20.1 Å². The standard InChI is InChI=1S/C19H25N5O2S/c1-12(2)24-11-20-23-19(24)27-10-17(25)21-13(3)14-6-8-16(9-7-14)22-18(26)15-4-5-15/h6-9,11-13,15H,4-5,10H2,1-3H3,(H,21,25)(H,22,26). The van der Waals surface area contributed by atoms with Gasteiger partial charge in [0.25, 0.3) is 0 Å². The van der Waals surface area contributed by atoms with E-state index in [1.165, 1.54) is 11.8 Å². The number of thioether (sulfide) groups is 1. The molecule has 2 aromatic rings. The van der Waals surface area contributed by atoms with Crippen molar-refractivity contribution in [2.75, 3.05) is 11.1 Å². The van der Waals surface area contributed by atoms with Crippen molar-refractivity contribution in [3.05, 3.63) is 36.2 Å². The summed E-state index contributed by atoms with van der Waals surface area (Å²) in [6.45, 7) is 6.04. The average molecular weight is 388 g/mol. The molecule has 7 nitrogen and oxygen atoms in total. The van der Waals surface area contributed by atoms with Crippen molar-refractivity contribution >= 4 is 29.3 Å². The van der Waals surface area contributed by atoms with E-state index >= 15 is 0 Å². The molecule has 8 heteroatoms. The molecule has 1 aromatic heterocycles. The number of carbonyl (C=O) groups is 2. The van der Waals surface area contributed by atoms with Gasteiger partial charge in [-0.25, -0.2) is 0 Å². The Labute approximate surface area is 163 Å². The van der Waals surface area contributed by atoms with Gasteiger partial charge in [-0.15, -0.1) is 10.2 Å². The van der Waals surface area contributed by atoms with Crippen LogP contribution in [0.5, 0.6) is 0 Å². The molecule has 0 saturated heterocycles. The third-order valence-electron chi connectivity index (χ3n) is 4.43. The molecule has 0 spiro atoms. The van der Waals surface area contributed by atoms with E-state index < -0.39 is 0 Å². The fraction of sp³-hybridized carbons (Fsp3) is 0.474. The molecule has 1 atom stereocenters. The van der Waals surface area contributed by atoms with E-state index in [1.807, 2.05) is 49.6 Å². The highest BCUT2D eigenvalue weighted by atomic mass is 32.2. The molecule has 1 aliphatic carbocycles. The zero-order chi connectivity index (χ0) is 19.4. The lowest BCUT2D eigenvalue weighted by Gasteiger charge is -2.15. The number of carbonyl (C=O) groups excluding carboxylic acids is 2. The van der Waals surface area contributed by atoms with Crippen molar-refractivity contribution in [3.63, 3.8) is 0 Å². The lowest BCUT2D eigenvalue weighted by molar-refractivity contribution is -0.119. The minimum absolute atomic E-state index is 0.0584. The van der Waals surface area contributed by atoms with Crippen molar-refractivity contribution in [1.29, 1.82) is 0 Å². The smallest absolute Gasteiger partial charge is 0.230 e. The number of amides is 2. The fourth-order valence-corrected chi connectivity index (χ4v) is 3.49. The number of anilines is 1. The van der Waals surface area contributed by atoms with Crippen LogP contribution in [0.15, 0.2) is 35.7 Å². The lowest BCUT2D eigenvalue weighted by atomic mass is 10.1. The monoisotopic (exact) mass is 387 g/mol. The van der Waals surface area contributed by atoms with Crippen LogP contribution in [-0.2, 0) is 9.59 Å². The number of nitrogens with one attached hydrogen (secondary N) is 2. The van der Waals surface area contributed by atoms with E-state index in [0.29, 0.717) is 0 Å². The highest BCUT2D eigenvalue weighted by Gasteiger charge is 2.29. The maximum atomic E-state index is 12.3. The second-order valence-electron chi connectivity index (χ2n) is 7.08. The van der Waals surface area contributed by atoms with E-state index in [1.54, 1.807) is 6.33 Å². The zero-order valence-electron chi connectivity index (χ0n) is 15.8. The Hall–Kier alpha value is -2.35. The molecule has 1 aromatic carbocycles. The van der Waals surface area contributed by atoms with Gasteiger partial charge < -0.3 is 15.2 Å². The molecule has 2 N–H and O–H groups in total. The van der Waals surface area contributed by atoms with Gasteiger partial charge in [-0.3, -0.25) is 9.59 Å². The van der Waals surface area contributed by atoms with E-state index in [2.05, 4.69) is 20.8 Å². The first-order valence-corrected chi connectivity index (χ1v) is 10.1. The molecule has 3 rings (SSSR count). The summed E-state index contributed by atoms with van der Waals surface area (Å²) in [6.07, 6.45) is 3.65. The van der Waals surface area contributed by atoms with Gasteiger partial charge in [0, 0.05) is 17.6 Å². The van der Waals surface area contributed by atoms with Gasteiger partial charge in [-0.05, 0) is 51.3 Å². The number of rotatable bonds is 8. The Morgan fingerprint density at radius 3 is 2.56 bits per heavy atom. The predicted molar refractivity (Wildman–Crippen MR) is 105 cm³/mol. The van der Waals surface area contributed by atoms with E-state index in [-0.39, 0.29) is 35.6 Å². The van der Waals surface area contributed by atoms with Crippen LogP contribution in [-0.4, -0.2) is 32.3 Å². The van der Waals surface area contributed by atoms with Crippen LogP contribution in [0.4, 0.5) is 5.69 Å². The maximum Gasteiger partial charge on any atom is 0.230 e. The van der Waals surface area contributed by atoms with Gasteiger partial charge in [0.15, 0.2) is 5.16 Å². The summed E-state index contributed by atoms with van der Waals surface area (Å²) in [5.41, 5.74) is 1.78. The summed E-state index contributed by atoms with van der Waals surface area (Å²) in [5.74, 6) is 0.500. The van der Waals surface area contributed by atoms with Gasteiger partial charge >= 0.3 is 0 Å². The molecule has 1 fully saturated rings. The Balaban J connectivity index is 1.48. The van der Waals surface area contributed by atoms with Gasteiger partial charge in [0.05, 0.1) is 11.8 Å². The van der Waals surface area contributed by atoms with Crippen molar-refractivity contribution in [2.45, 2.75) is 50.9 Å². The first-order chi connectivity index (χ1) is 12.9. The zero-order valence-corrected chi connectivity index (χ0v) is 16.6. The number of hydrogen-bond acceptors (Lipinski definition) is 5. The summed E-state index contributed by atoms with van der Waals surface area (Å²) in [6, 6.07) is 7.74. The minimum atomic E-state index is -0.116. The van der Waals surface area contributed by atoms with Gasteiger partial charge in [-0.1, -0.05) is 23.9 Å². The second kappa shape index (κ2) is 8.56. The molecular formula is C19H25N5O2S. The lowest BCUT2D eigenvalue weighted by Crippen LogP contribution is -2.28. The van der Waals surface area contributed by atoms with Crippen LogP contribution >= 0.6 is 11.8 Å². The Bertz CT molecular complexity index is 799. The molecule has 0 bridgehead atoms. The van der Waals surface area contributed by atoms with E-state index in [9.17, 15) is 9.59 Å². The molecule has 1 unspecified atom stereocenters. The van der Waals surface area contributed by atoms with Gasteiger partial charge in [-0.2, -0.15) is 0 Å². The highest BCUT2D eigenvalue weighted by molar-refractivity contribution is 7.99. The van der Waals surface area contributed by atoms with Gasteiger partial charge in [0.2, 0.25) is 11.8 Å². The quantitative estimate of drug-likeness (QED) is 0.679. The summed E-state index contributed by atoms with van der Waals surface area (Å²) in [7, 11) is 0. The van der Waals surface area contributed by atoms with Crippen LogP contribution in [0.25, 0.3) is 0 Å². The molecule has 1 aliphatic rings. The first kappa shape index (κ1) is 19.4. The maximum absolute atomic E-state index is 12.3. The molecule has 27 heavy (non-hydrogen) atoms. The van der Waals surface area contributed by atoms with Crippen molar-refractivity contribution < 1.29 is 9.59 Å². The fourth-order valence-electron chi connectivity index (χ4n) is 2.63. The molecule has 2 amide bonds. The minimum Gasteiger partial charge on any atom is -0.349 e. The Morgan fingerprint density at radius 2 is 1.93 bits per heavy atom. The number of hydrogen-bond donors (Lipinski definition) is 2. The number of nitrogens with zero attached hydrogens (tertiary/aromatic N) is 3. The third kappa shape index (κ3) is 5.32. The van der Waals surface area contributed by atoms with E-state index in [0.717, 1.165) is 29.2 Å². The largest absolute Gasteiger partial charge is 0.349 e. The van der Waals surface area contributed by atoms with E-state index in [4.69, 9.17) is 0 Å². The number of benzene rings is 1. The van der Waals surface area contributed by atoms with Crippen LogP contribution < -0.4 is 10.6 Å². The van der Waals surface area contributed by atoms with Crippen LogP contribution in [0.2, 0.25) is 0 Å². The van der Waals surface area contributed by atoms with Crippen LogP contribution in [0.1, 0.15) is 51.3 Å². The molecule has 0 radical (unpaired) electrons. The molecule has 0 aliphatic heterocycles. The van der Waals surface area contributed by atoms with Crippen LogP contribution in [0.3, 0.4) is 0 Å². The summed E-state index contributed by atoms with van der Waals surface area (Å²) < 4.78 is 1.94. The summed E-state index contributed by atoms with van der Waals surface area (Å²) in [5, 5.41) is 14.6. The Morgan fingerprint density at radius 1 is 1.22 bits per heavy atom. The van der Waals surface area contributed by atoms with Crippen LogP contribution in [0, 0.1) is 5.92 Å². The highest BCUT2D eigenvalue weighted by Crippen LogP contribution is 2.30. The summed E-state index contributed by atoms with van der Waals surface area (Å²) in [4.78, 5) is 24.0. The van der Waals surface area contributed by atoms with Gasteiger partial charge in [0.1, 0.15) is 6.33 Å². The average Bonchev–Trinajstić information content (AvgIpc) is 3.38. The normalized spacial score (nSPS) is 14.8. The van der Waals surface area contributed by atoms with Crippen molar-refractivity contribution in [2.24, 2.45) is 5.92 Å². The topological polar surface area (TPSA) is 88.9 Å². The molecular weight excluding hydrogens is 362 g/mol. The SMILES string of the molecule is CC(NC(=O)CSc1nncn1C(C)C)c1ccc(NC(=O)C2CC2)cc1. The first-order valence-electron chi connectivity index (χ1n) is 9.16. The summed E-state index contributed by atoms with van der Waals surface area (Å²) >= 11 is 1.37. The molecule has 1 heterocycles. The number of aromatic nitrogens is 3. The third-order valence-corrected chi connectivity index (χ3v) is 5.39. The van der Waals surface area contributed by atoms with Crippen molar-refractivity contribution in [3.8, 4) is 0 Å². The second-order valence-corrected chi connectivity index (χ2v) is 8.02. The predicted octanol–water partition coefficient (Wildman–Crippen LogP) is 3.18. The molecule has 1 saturated carbocycles.